The maximum atomic E-state index is 14.5. The molecule has 0 aromatic heterocycles. The van der Waals surface area contributed by atoms with E-state index in [1.54, 1.807) is 4.90 Å². The van der Waals surface area contributed by atoms with Crippen molar-refractivity contribution in [2.45, 2.75) is 42.2 Å². The number of hydrogen-bond acceptors (Lipinski definition) is 6. The van der Waals surface area contributed by atoms with Crippen LogP contribution in [-0.2, 0) is 27.5 Å². The summed E-state index contributed by atoms with van der Waals surface area (Å²) >= 11 is 10.3. The number of hydrogen-bond donors (Lipinski definition) is 2. The number of nitrogens with zero attached hydrogens (tertiary/aromatic N) is 2. The fourth-order valence-corrected chi connectivity index (χ4v) is 8.07. The summed E-state index contributed by atoms with van der Waals surface area (Å²) in [7, 11) is 0. The quantitative estimate of drug-likeness (QED) is 0.281. The van der Waals surface area contributed by atoms with E-state index in [2.05, 4.69) is 32.8 Å². The highest BCUT2D eigenvalue weighted by Crippen LogP contribution is 2.54. The monoisotopic (exact) mass is 719 g/mol. The Morgan fingerprint density at radius 2 is 1.88 bits per heavy atom. The molecule has 2 aliphatic rings. The summed E-state index contributed by atoms with van der Waals surface area (Å²) in [6.07, 6.45) is 0.0435. The Labute approximate surface area is 270 Å². The zero-order valence-electron chi connectivity index (χ0n) is 23.5. The maximum absolute atomic E-state index is 14.5. The first-order valence-electron chi connectivity index (χ1n) is 14.1. The van der Waals surface area contributed by atoms with Crippen LogP contribution in [-0.4, -0.2) is 70.9 Å². The van der Waals surface area contributed by atoms with Gasteiger partial charge in [0.25, 0.3) is 0 Å². The van der Waals surface area contributed by atoms with Crippen molar-refractivity contribution in [1.29, 1.82) is 0 Å². The molecule has 2 heterocycles. The number of aliphatic hydroxyl groups excluding tert-OH is 1. The molecule has 42 heavy (non-hydrogen) atoms. The van der Waals surface area contributed by atoms with Crippen molar-refractivity contribution < 1.29 is 19.4 Å². The van der Waals surface area contributed by atoms with Gasteiger partial charge < -0.3 is 20.1 Å². The summed E-state index contributed by atoms with van der Waals surface area (Å²) in [4.78, 5) is 33.5. The molecule has 222 valence electrons. The molecule has 0 aliphatic carbocycles. The Morgan fingerprint density at radius 1 is 1.14 bits per heavy atom. The molecule has 0 unspecified atom stereocenters. The van der Waals surface area contributed by atoms with Crippen LogP contribution in [0.5, 0.6) is 0 Å². The van der Waals surface area contributed by atoms with Gasteiger partial charge in [-0.15, -0.1) is 11.8 Å². The third-order valence-corrected chi connectivity index (χ3v) is 10.6. The Morgan fingerprint density at radius 3 is 2.57 bits per heavy atom. The smallest absolute Gasteiger partial charge is 0.239 e. The van der Waals surface area contributed by atoms with Gasteiger partial charge in [-0.3, -0.25) is 14.5 Å². The second kappa shape index (κ2) is 14.1. The fourth-order valence-electron chi connectivity index (χ4n) is 5.58. The van der Waals surface area contributed by atoms with Gasteiger partial charge in [-0.25, -0.2) is 0 Å². The third-order valence-electron chi connectivity index (χ3n) is 7.85. The topological polar surface area (TPSA) is 82.1 Å². The molecular formula is C32H35ClIN3O4S. The first-order valence-corrected chi connectivity index (χ1v) is 16.3. The van der Waals surface area contributed by atoms with Crippen molar-refractivity contribution in [3.8, 4) is 0 Å². The van der Waals surface area contributed by atoms with Crippen LogP contribution in [0.15, 0.2) is 71.6 Å². The van der Waals surface area contributed by atoms with Gasteiger partial charge in [-0.1, -0.05) is 59.6 Å². The summed E-state index contributed by atoms with van der Waals surface area (Å²) in [6.45, 7) is 6.45. The third kappa shape index (κ3) is 6.97. The Bertz CT molecular complexity index is 1420. The summed E-state index contributed by atoms with van der Waals surface area (Å²) in [6, 6.07) is 20.8. The van der Waals surface area contributed by atoms with Gasteiger partial charge in [0.05, 0.1) is 32.3 Å². The van der Waals surface area contributed by atoms with E-state index >= 15 is 0 Å². The molecule has 0 radical (unpaired) electrons. The molecule has 2 fully saturated rings. The predicted molar refractivity (Wildman–Crippen MR) is 174 cm³/mol. The molecule has 2 N–H and O–H groups in total. The van der Waals surface area contributed by atoms with E-state index in [0.29, 0.717) is 31.3 Å². The van der Waals surface area contributed by atoms with Gasteiger partial charge in [0.15, 0.2) is 0 Å². The lowest BCUT2D eigenvalue weighted by Gasteiger charge is -2.37. The second-order valence-electron chi connectivity index (χ2n) is 10.7. The number of carbonyl (C=O) groups is 2. The average molecular weight is 720 g/mol. The summed E-state index contributed by atoms with van der Waals surface area (Å²) in [5.41, 5.74) is 3.59. The van der Waals surface area contributed by atoms with Gasteiger partial charge in [-0.2, -0.15) is 0 Å². The average Bonchev–Trinajstić information content (AvgIpc) is 3.26. The van der Waals surface area contributed by atoms with Crippen molar-refractivity contribution in [2.75, 3.05) is 39.4 Å². The Balaban J connectivity index is 1.56. The minimum absolute atomic E-state index is 0.0435. The number of morpholine rings is 1. The fraction of sp³-hybridized carbons (Fsp3) is 0.375. The molecule has 2 aliphatic heterocycles. The van der Waals surface area contributed by atoms with Gasteiger partial charge in [0, 0.05) is 46.2 Å². The Kier molecular flexibility index (Phi) is 10.5. The lowest BCUT2D eigenvalue weighted by Crippen LogP contribution is -2.50. The second-order valence-corrected chi connectivity index (χ2v) is 13.7. The lowest BCUT2D eigenvalue weighted by atomic mass is 9.90. The highest BCUT2D eigenvalue weighted by atomic mass is 127. The molecule has 3 aromatic carbocycles. The number of aryl methyl sites for hydroxylation is 1. The number of halogens is 2. The van der Waals surface area contributed by atoms with Crippen molar-refractivity contribution >= 4 is 57.8 Å². The number of nitrogens with one attached hydrogen (secondary N) is 1. The Hall–Kier alpha value is -2.15. The SMILES string of the molecule is Cc1ccc(S[C@]2(C(=O)NCCN3CCOCC3)CC(=O)N(Cc3ccccc3Cl)[C@@H]2c2ccc(CO)cc2I)cc1. The lowest BCUT2D eigenvalue weighted by molar-refractivity contribution is -0.129. The van der Waals surface area contributed by atoms with Crippen LogP contribution in [0.1, 0.15) is 34.7 Å². The van der Waals surface area contributed by atoms with Gasteiger partial charge in [0.1, 0.15) is 4.75 Å². The first-order chi connectivity index (χ1) is 20.3. The summed E-state index contributed by atoms with van der Waals surface area (Å²) in [5.74, 6) is -0.270. The molecule has 0 saturated carbocycles. The first kappa shape index (κ1) is 31.3. The van der Waals surface area contributed by atoms with E-state index in [9.17, 15) is 14.7 Å². The van der Waals surface area contributed by atoms with Crippen LogP contribution in [0, 0.1) is 10.5 Å². The zero-order chi connectivity index (χ0) is 29.7. The van der Waals surface area contributed by atoms with Crippen molar-refractivity contribution in [1.82, 2.24) is 15.1 Å². The summed E-state index contributed by atoms with van der Waals surface area (Å²) < 4.78 is 5.22. The molecule has 10 heteroatoms. The zero-order valence-corrected chi connectivity index (χ0v) is 27.3. The number of thioether (sulfide) groups is 1. The van der Waals surface area contributed by atoms with Gasteiger partial charge >= 0.3 is 0 Å². The highest BCUT2D eigenvalue weighted by molar-refractivity contribution is 14.1. The van der Waals surface area contributed by atoms with Crippen LogP contribution in [0.2, 0.25) is 5.02 Å². The number of aliphatic hydroxyl groups is 1. The number of carbonyl (C=O) groups excluding carboxylic acids is 2. The molecule has 3 aromatic rings. The number of ether oxygens (including phenoxy) is 1. The normalized spacial score (nSPS) is 21.1. The van der Waals surface area contributed by atoms with E-state index in [0.717, 1.165) is 43.8 Å². The van der Waals surface area contributed by atoms with E-state index in [-0.39, 0.29) is 31.4 Å². The minimum Gasteiger partial charge on any atom is -0.392 e. The predicted octanol–water partition coefficient (Wildman–Crippen LogP) is 5.20. The van der Waals surface area contributed by atoms with Crippen LogP contribution < -0.4 is 5.32 Å². The van der Waals surface area contributed by atoms with E-state index in [4.69, 9.17) is 16.3 Å². The highest BCUT2D eigenvalue weighted by Gasteiger charge is 2.58. The minimum atomic E-state index is -1.14. The van der Waals surface area contributed by atoms with Crippen LogP contribution in [0.4, 0.5) is 0 Å². The maximum Gasteiger partial charge on any atom is 0.239 e. The van der Waals surface area contributed by atoms with Crippen LogP contribution in [0.3, 0.4) is 0 Å². The standard InChI is InChI=1S/C32H35ClIN3O4S/c1-22-6-9-25(10-7-22)42-32(31(40)35-12-13-36-14-16-41-17-15-36)19-29(39)37(20-24-4-2-3-5-27(24)33)30(32)26-11-8-23(21-38)18-28(26)34/h2-11,18,30,38H,12-17,19-21H2,1H3,(H,35,40)/t30-,32-/m1/s1. The molecular weight excluding hydrogens is 685 g/mol. The van der Waals surface area contributed by atoms with Crippen molar-refractivity contribution in [3.05, 3.63) is 97.6 Å². The molecule has 0 spiro atoms. The molecule has 2 amide bonds. The van der Waals surface area contributed by atoms with Crippen LogP contribution >= 0.6 is 46.0 Å². The largest absolute Gasteiger partial charge is 0.392 e. The molecule has 0 bridgehead atoms. The molecule has 5 rings (SSSR count). The summed E-state index contributed by atoms with van der Waals surface area (Å²) in [5, 5.41) is 13.6. The van der Waals surface area contributed by atoms with Gasteiger partial charge in [-0.05, 0) is 70.5 Å². The van der Waals surface area contributed by atoms with Gasteiger partial charge in [0.2, 0.25) is 11.8 Å². The van der Waals surface area contributed by atoms with E-state index in [1.165, 1.54) is 11.8 Å². The number of amides is 2. The number of rotatable bonds is 10. The number of likely N-dealkylation sites (tertiary alicyclic amines) is 1. The number of benzene rings is 3. The van der Waals surface area contributed by atoms with Crippen molar-refractivity contribution in [3.63, 3.8) is 0 Å². The van der Waals surface area contributed by atoms with Crippen LogP contribution in [0.25, 0.3) is 0 Å². The molecule has 2 atom stereocenters. The molecule has 7 nitrogen and oxygen atoms in total. The molecule has 2 saturated heterocycles. The van der Waals surface area contributed by atoms with E-state index < -0.39 is 10.8 Å². The van der Waals surface area contributed by atoms with Crippen molar-refractivity contribution in [2.24, 2.45) is 0 Å². The van der Waals surface area contributed by atoms with E-state index in [1.807, 2.05) is 73.7 Å².